The van der Waals surface area contributed by atoms with Crippen LogP contribution < -0.4 is 0 Å². The van der Waals surface area contributed by atoms with Gasteiger partial charge in [-0.1, -0.05) is 61.9 Å². The molecule has 184 valence electrons. The quantitative estimate of drug-likeness (QED) is 0.468. The van der Waals surface area contributed by atoms with Crippen molar-refractivity contribution in [2.75, 3.05) is 18.8 Å². The molecular formula is C28H33N3O3S. The molecule has 0 N–H and O–H groups in total. The van der Waals surface area contributed by atoms with Crippen LogP contribution in [-0.4, -0.2) is 53.4 Å². The van der Waals surface area contributed by atoms with E-state index in [1.54, 1.807) is 10.5 Å². The predicted molar refractivity (Wildman–Crippen MR) is 139 cm³/mol. The topological polar surface area (TPSA) is 70.6 Å². The van der Waals surface area contributed by atoms with E-state index >= 15 is 0 Å². The van der Waals surface area contributed by atoms with Crippen LogP contribution in [0.3, 0.4) is 0 Å². The van der Waals surface area contributed by atoms with E-state index in [4.69, 9.17) is 0 Å². The minimum absolute atomic E-state index is 0.0137. The van der Waals surface area contributed by atoms with Gasteiger partial charge >= 0.3 is 0 Å². The van der Waals surface area contributed by atoms with Crippen LogP contribution in [0.2, 0.25) is 0 Å². The average Bonchev–Trinajstić information content (AvgIpc) is 3.31. The number of nitrogens with zero attached hydrogens (tertiary/aromatic N) is 3. The normalized spacial score (nSPS) is 19.1. The lowest BCUT2D eigenvalue weighted by molar-refractivity contribution is 0.0481. The summed E-state index contributed by atoms with van der Waals surface area (Å²) in [5.74, 6) is 0.137. The fraction of sp³-hybridized carbons (Fsp3) is 0.429. The first-order valence-corrected chi connectivity index (χ1v) is 14.3. The molecule has 1 unspecified atom stereocenters. The summed E-state index contributed by atoms with van der Waals surface area (Å²) in [5.41, 5.74) is 2.95. The van der Waals surface area contributed by atoms with E-state index in [0.717, 1.165) is 30.0 Å². The summed E-state index contributed by atoms with van der Waals surface area (Å²) in [4.78, 5) is 20.6. The van der Waals surface area contributed by atoms with E-state index in [2.05, 4.69) is 23.2 Å². The monoisotopic (exact) mass is 491 g/mol. The van der Waals surface area contributed by atoms with Gasteiger partial charge in [-0.2, -0.15) is 0 Å². The summed E-state index contributed by atoms with van der Waals surface area (Å²) >= 11 is 0. The lowest BCUT2D eigenvalue weighted by Gasteiger charge is -2.41. The van der Waals surface area contributed by atoms with Crippen molar-refractivity contribution in [3.8, 4) is 0 Å². The van der Waals surface area contributed by atoms with E-state index in [1.807, 2.05) is 48.2 Å². The van der Waals surface area contributed by atoms with Gasteiger partial charge in [0.25, 0.3) is 5.91 Å². The Morgan fingerprint density at radius 3 is 2.51 bits per heavy atom. The molecule has 2 aromatic carbocycles. The van der Waals surface area contributed by atoms with Crippen molar-refractivity contribution in [1.82, 2.24) is 14.2 Å². The van der Waals surface area contributed by atoms with Crippen molar-refractivity contribution < 1.29 is 13.2 Å². The summed E-state index contributed by atoms with van der Waals surface area (Å²) in [6.45, 7) is 2.92. The van der Waals surface area contributed by atoms with E-state index in [1.165, 1.54) is 11.1 Å². The van der Waals surface area contributed by atoms with Gasteiger partial charge in [0, 0.05) is 30.7 Å². The fourth-order valence-corrected chi connectivity index (χ4v) is 7.25. The average molecular weight is 492 g/mol. The first-order valence-electron chi connectivity index (χ1n) is 12.7. The molecule has 5 rings (SSSR count). The van der Waals surface area contributed by atoms with Gasteiger partial charge in [-0.05, 0) is 54.7 Å². The number of unbranched alkanes of at least 4 members (excludes halogenated alkanes) is 1. The third kappa shape index (κ3) is 4.84. The Bertz CT molecular complexity index is 1320. The van der Waals surface area contributed by atoms with Crippen molar-refractivity contribution in [2.45, 2.75) is 57.5 Å². The Kier molecular flexibility index (Phi) is 6.89. The number of aromatic nitrogens is 1. The van der Waals surface area contributed by atoms with Crippen LogP contribution in [0.15, 0.2) is 60.8 Å². The first kappa shape index (κ1) is 23.9. The number of hydrogen-bond acceptors (Lipinski definition) is 4. The van der Waals surface area contributed by atoms with Gasteiger partial charge in [0.05, 0.1) is 11.8 Å². The molecule has 35 heavy (non-hydrogen) atoms. The molecule has 0 bridgehead atoms. The summed E-state index contributed by atoms with van der Waals surface area (Å²) in [6, 6.07) is 18.2. The Hall–Kier alpha value is -2.77. The highest BCUT2D eigenvalue weighted by Crippen LogP contribution is 2.39. The molecule has 1 aliphatic heterocycles. The van der Waals surface area contributed by atoms with Gasteiger partial charge in [-0.15, -0.1) is 0 Å². The smallest absolute Gasteiger partial charge is 0.273 e. The first-order chi connectivity index (χ1) is 17.0. The van der Waals surface area contributed by atoms with Gasteiger partial charge in [-0.3, -0.25) is 9.78 Å². The molecule has 3 aromatic rings. The molecule has 0 saturated carbocycles. The molecule has 1 aromatic heterocycles. The number of hydrogen-bond donors (Lipinski definition) is 0. The number of rotatable bonds is 7. The minimum Gasteiger partial charge on any atom is -0.327 e. The van der Waals surface area contributed by atoms with E-state index < -0.39 is 10.0 Å². The van der Waals surface area contributed by atoms with Crippen molar-refractivity contribution in [3.05, 3.63) is 77.6 Å². The number of sulfonamides is 1. The molecule has 2 heterocycles. The Morgan fingerprint density at radius 2 is 1.74 bits per heavy atom. The van der Waals surface area contributed by atoms with Crippen molar-refractivity contribution >= 4 is 26.7 Å². The Balaban J connectivity index is 1.44. The molecule has 6 nitrogen and oxygen atoms in total. The van der Waals surface area contributed by atoms with Gasteiger partial charge in [0.2, 0.25) is 10.0 Å². The molecule has 7 heteroatoms. The zero-order valence-electron chi connectivity index (χ0n) is 20.3. The Labute approximate surface area is 208 Å². The zero-order chi connectivity index (χ0) is 24.4. The number of carbonyl (C=O) groups is 1. The molecular weight excluding hydrogens is 458 g/mol. The number of pyridine rings is 1. The zero-order valence-corrected chi connectivity index (χ0v) is 21.1. The van der Waals surface area contributed by atoms with Crippen LogP contribution in [0.5, 0.6) is 0 Å². The van der Waals surface area contributed by atoms with E-state index in [0.29, 0.717) is 38.0 Å². The fourth-order valence-electron chi connectivity index (χ4n) is 5.57. The second-order valence-electron chi connectivity index (χ2n) is 9.68. The van der Waals surface area contributed by atoms with E-state index in [-0.39, 0.29) is 23.7 Å². The van der Waals surface area contributed by atoms with Gasteiger partial charge in [-0.25, -0.2) is 12.7 Å². The van der Waals surface area contributed by atoms with Crippen LogP contribution in [0.1, 0.15) is 66.7 Å². The molecule has 2 aliphatic rings. The second kappa shape index (κ2) is 10.1. The third-order valence-electron chi connectivity index (χ3n) is 7.49. The standard InChI is InChI=1S/C28H33N3O3S/c1-2-3-18-35(33,34)30-16-14-24(15-17-30)31(27-13-12-21-8-6-7-11-25(21)27)28(32)26-19-22-9-4-5-10-23(22)20-29-26/h4-11,19-20,24,27H,2-3,12-18H2,1H3. The third-order valence-corrected chi connectivity index (χ3v) is 9.44. The van der Waals surface area contributed by atoms with Crippen molar-refractivity contribution in [3.63, 3.8) is 0 Å². The highest BCUT2D eigenvalue weighted by Gasteiger charge is 2.39. The van der Waals surface area contributed by atoms with Crippen LogP contribution in [-0.2, 0) is 16.4 Å². The van der Waals surface area contributed by atoms with Crippen LogP contribution in [0.4, 0.5) is 0 Å². The molecule has 0 radical (unpaired) electrons. The highest BCUT2D eigenvalue weighted by atomic mass is 32.2. The molecule has 1 saturated heterocycles. The maximum Gasteiger partial charge on any atom is 0.273 e. The molecule has 1 atom stereocenters. The van der Waals surface area contributed by atoms with Gasteiger partial charge in [0.15, 0.2) is 0 Å². The van der Waals surface area contributed by atoms with Crippen molar-refractivity contribution in [1.29, 1.82) is 0 Å². The van der Waals surface area contributed by atoms with Gasteiger partial charge in [0.1, 0.15) is 5.69 Å². The van der Waals surface area contributed by atoms with Crippen LogP contribution >= 0.6 is 0 Å². The molecule has 1 aliphatic carbocycles. The number of aryl methyl sites for hydroxylation is 1. The summed E-state index contributed by atoms with van der Waals surface area (Å²) in [7, 11) is -3.24. The SMILES string of the molecule is CCCCS(=O)(=O)N1CCC(N(C(=O)c2cc3ccccc3cn2)C2CCc3ccccc32)CC1. The maximum atomic E-state index is 14.0. The molecule has 1 amide bonds. The number of piperidine rings is 1. The lowest BCUT2D eigenvalue weighted by Crippen LogP contribution is -2.50. The van der Waals surface area contributed by atoms with Crippen LogP contribution in [0, 0.1) is 0 Å². The second-order valence-corrected chi connectivity index (χ2v) is 11.8. The number of fused-ring (bicyclic) bond motifs is 2. The lowest BCUT2D eigenvalue weighted by atomic mass is 9.98. The molecule has 1 fully saturated rings. The molecule has 0 spiro atoms. The van der Waals surface area contributed by atoms with Crippen LogP contribution in [0.25, 0.3) is 10.8 Å². The summed E-state index contributed by atoms with van der Waals surface area (Å²) in [5, 5.41) is 2.00. The summed E-state index contributed by atoms with van der Waals surface area (Å²) < 4.78 is 27.1. The highest BCUT2D eigenvalue weighted by molar-refractivity contribution is 7.89. The number of benzene rings is 2. The maximum absolute atomic E-state index is 14.0. The van der Waals surface area contributed by atoms with E-state index in [9.17, 15) is 13.2 Å². The number of carbonyl (C=O) groups excluding carboxylic acids is 1. The largest absolute Gasteiger partial charge is 0.327 e. The van der Waals surface area contributed by atoms with Gasteiger partial charge < -0.3 is 4.90 Å². The minimum atomic E-state index is -3.24. The predicted octanol–water partition coefficient (Wildman–Crippen LogP) is 4.96. The summed E-state index contributed by atoms with van der Waals surface area (Å²) in [6.07, 6.45) is 6.42. The number of amides is 1. The Morgan fingerprint density at radius 1 is 1.03 bits per heavy atom. The van der Waals surface area contributed by atoms with Crippen molar-refractivity contribution in [2.24, 2.45) is 0 Å².